The molecule has 102 valence electrons. The van der Waals surface area contributed by atoms with Gasteiger partial charge in [0, 0.05) is 35.8 Å². The molecule has 2 aliphatic heterocycles. The van der Waals surface area contributed by atoms with Gasteiger partial charge in [0.05, 0.1) is 0 Å². The van der Waals surface area contributed by atoms with E-state index < -0.39 is 0 Å². The molecule has 2 atom stereocenters. The second-order valence-corrected chi connectivity index (χ2v) is 5.90. The van der Waals surface area contributed by atoms with Gasteiger partial charge in [0.1, 0.15) is 0 Å². The number of carbonyl (C=O) groups is 1. The second-order valence-electron chi connectivity index (χ2n) is 5.47. The van der Waals surface area contributed by atoms with Crippen molar-refractivity contribution in [2.24, 2.45) is 5.92 Å². The summed E-state index contributed by atoms with van der Waals surface area (Å²) in [5, 5.41) is 3.61. The van der Waals surface area contributed by atoms with Crippen molar-refractivity contribution >= 4 is 23.3 Å². The number of anilines is 1. The minimum absolute atomic E-state index is 0.00752. The molecule has 0 spiro atoms. The highest BCUT2D eigenvalue weighted by molar-refractivity contribution is 6.30. The average molecular weight is 280 g/mol. The summed E-state index contributed by atoms with van der Waals surface area (Å²) in [6, 6.07) is 7.65. The molecule has 2 heterocycles. The van der Waals surface area contributed by atoms with Gasteiger partial charge >= 0.3 is 6.03 Å². The van der Waals surface area contributed by atoms with Gasteiger partial charge in [-0.3, -0.25) is 0 Å². The molecule has 2 aliphatic rings. The number of hydrogen-bond acceptors (Lipinski definition) is 2. The van der Waals surface area contributed by atoms with E-state index in [4.69, 9.17) is 11.6 Å². The minimum Gasteiger partial charge on any atom is -0.321 e. The molecule has 1 aromatic rings. The molecule has 4 nitrogen and oxygen atoms in total. The third kappa shape index (κ3) is 2.55. The first-order chi connectivity index (χ1) is 9.13. The van der Waals surface area contributed by atoms with Crippen LogP contribution in [0.2, 0.25) is 5.02 Å². The summed E-state index contributed by atoms with van der Waals surface area (Å²) in [6.45, 7) is 3.05. The Hall–Kier alpha value is -1.26. The van der Waals surface area contributed by atoms with Crippen LogP contribution in [-0.2, 0) is 0 Å². The van der Waals surface area contributed by atoms with Crippen LogP contribution in [0.1, 0.15) is 6.42 Å². The summed E-state index contributed by atoms with van der Waals surface area (Å²) in [6.07, 6.45) is 1.08. The monoisotopic (exact) mass is 279 g/mol. The lowest BCUT2D eigenvalue weighted by molar-refractivity contribution is -0.00204. The zero-order chi connectivity index (χ0) is 13.4. The van der Waals surface area contributed by atoms with Crippen molar-refractivity contribution in [1.29, 1.82) is 0 Å². The first-order valence-corrected chi connectivity index (χ1v) is 7.03. The quantitative estimate of drug-likeness (QED) is 0.857. The highest BCUT2D eigenvalue weighted by Gasteiger charge is 2.44. The molecular weight excluding hydrogens is 262 g/mol. The van der Waals surface area contributed by atoms with Crippen molar-refractivity contribution in [2.75, 3.05) is 32.0 Å². The van der Waals surface area contributed by atoms with E-state index >= 15 is 0 Å². The van der Waals surface area contributed by atoms with E-state index in [2.05, 4.69) is 17.3 Å². The van der Waals surface area contributed by atoms with Gasteiger partial charge in [0.15, 0.2) is 0 Å². The summed E-state index contributed by atoms with van der Waals surface area (Å²) >= 11 is 5.83. The van der Waals surface area contributed by atoms with Gasteiger partial charge in [0.25, 0.3) is 0 Å². The van der Waals surface area contributed by atoms with Crippen molar-refractivity contribution in [1.82, 2.24) is 9.80 Å². The largest absolute Gasteiger partial charge is 0.322 e. The van der Waals surface area contributed by atoms with Crippen LogP contribution in [0.15, 0.2) is 24.3 Å². The fourth-order valence-electron chi connectivity index (χ4n) is 3.00. The fraction of sp³-hybridized carbons (Fsp3) is 0.500. The number of hydrogen-bond donors (Lipinski definition) is 1. The number of amides is 2. The SMILES string of the molecule is CN1CC[C@@H]2[C@H](C1)CN2C(=O)Nc1ccc(Cl)cc1. The van der Waals surface area contributed by atoms with Crippen LogP contribution in [-0.4, -0.2) is 48.6 Å². The van der Waals surface area contributed by atoms with Crippen LogP contribution in [0.25, 0.3) is 0 Å². The highest BCUT2D eigenvalue weighted by Crippen LogP contribution is 2.32. The number of nitrogens with one attached hydrogen (secondary N) is 1. The number of rotatable bonds is 1. The number of fused-ring (bicyclic) bond motifs is 1. The van der Waals surface area contributed by atoms with Gasteiger partial charge in [-0.2, -0.15) is 0 Å². The standard InChI is InChI=1S/C14H18ClN3O/c1-17-7-6-13-10(8-17)9-18(13)14(19)16-12-4-2-11(15)3-5-12/h2-5,10,13H,6-9H2,1H3,(H,16,19)/t10-,13-/m1/s1. The van der Waals surface area contributed by atoms with Gasteiger partial charge in [-0.1, -0.05) is 11.6 Å². The zero-order valence-corrected chi connectivity index (χ0v) is 11.7. The van der Waals surface area contributed by atoms with E-state index in [1.54, 1.807) is 12.1 Å². The highest BCUT2D eigenvalue weighted by atomic mass is 35.5. The zero-order valence-electron chi connectivity index (χ0n) is 11.0. The lowest BCUT2D eigenvalue weighted by Crippen LogP contribution is -2.65. The molecule has 2 saturated heterocycles. The minimum atomic E-state index is 0.00752. The molecule has 2 fully saturated rings. The fourth-order valence-corrected chi connectivity index (χ4v) is 3.13. The van der Waals surface area contributed by atoms with Gasteiger partial charge in [-0.25, -0.2) is 4.79 Å². The van der Waals surface area contributed by atoms with Crippen molar-refractivity contribution < 1.29 is 4.79 Å². The number of urea groups is 1. The third-order valence-corrected chi connectivity index (χ3v) is 4.34. The smallest absolute Gasteiger partial charge is 0.321 e. The third-order valence-electron chi connectivity index (χ3n) is 4.08. The van der Waals surface area contributed by atoms with Gasteiger partial charge in [-0.15, -0.1) is 0 Å². The Kier molecular flexibility index (Phi) is 3.37. The van der Waals surface area contributed by atoms with Crippen LogP contribution in [0.3, 0.4) is 0 Å². The lowest BCUT2D eigenvalue weighted by Gasteiger charge is -2.52. The molecule has 0 aliphatic carbocycles. The van der Waals surface area contributed by atoms with Gasteiger partial charge in [0.2, 0.25) is 0 Å². The normalized spacial score (nSPS) is 26.5. The average Bonchev–Trinajstić information content (AvgIpc) is 2.35. The first kappa shape index (κ1) is 12.8. The molecule has 0 bridgehead atoms. The number of likely N-dealkylation sites (tertiary alicyclic amines) is 2. The van der Waals surface area contributed by atoms with Gasteiger partial charge in [-0.05, 0) is 44.3 Å². The van der Waals surface area contributed by atoms with Crippen LogP contribution >= 0.6 is 11.6 Å². The first-order valence-electron chi connectivity index (χ1n) is 6.65. The molecule has 5 heteroatoms. The van der Waals surface area contributed by atoms with Crippen molar-refractivity contribution in [3.05, 3.63) is 29.3 Å². The van der Waals surface area contributed by atoms with Crippen LogP contribution in [0, 0.1) is 5.92 Å². The van der Waals surface area contributed by atoms with Crippen LogP contribution in [0.5, 0.6) is 0 Å². The molecule has 0 aromatic heterocycles. The van der Waals surface area contributed by atoms with Crippen molar-refractivity contribution in [3.63, 3.8) is 0 Å². The molecule has 2 amide bonds. The lowest BCUT2D eigenvalue weighted by atomic mass is 9.83. The number of halogens is 1. The van der Waals surface area contributed by atoms with E-state index in [1.807, 2.05) is 17.0 Å². The molecular formula is C14H18ClN3O. The number of benzene rings is 1. The van der Waals surface area contributed by atoms with E-state index in [0.29, 0.717) is 17.0 Å². The predicted octanol–water partition coefficient (Wildman–Crippen LogP) is 2.51. The molecule has 19 heavy (non-hydrogen) atoms. The maximum absolute atomic E-state index is 12.2. The van der Waals surface area contributed by atoms with Crippen molar-refractivity contribution in [3.8, 4) is 0 Å². The Bertz CT molecular complexity index is 476. The number of carbonyl (C=O) groups excluding carboxylic acids is 1. The van der Waals surface area contributed by atoms with E-state index in [1.165, 1.54) is 0 Å². The van der Waals surface area contributed by atoms with E-state index in [9.17, 15) is 4.79 Å². The molecule has 3 rings (SSSR count). The summed E-state index contributed by atoms with van der Waals surface area (Å²) in [4.78, 5) is 16.5. The summed E-state index contributed by atoms with van der Waals surface area (Å²) in [5.41, 5.74) is 0.797. The molecule has 0 saturated carbocycles. The van der Waals surface area contributed by atoms with Crippen molar-refractivity contribution in [2.45, 2.75) is 12.5 Å². The molecule has 0 unspecified atom stereocenters. The van der Waals surface area contributed by atoms with Crippen LogP contribution in [0.4, 0.5) is 10.5 Å². The van der Waals surface area contributed by atoms with Gasteiger partial charge < -0.3 is 15.1 Å². The Morgan fingerprint density at radius 3 is 2.74 bits per heavy atom. The Morgan fingerprint density at radius 2 is 2.05 bits per heavy atom. The summed E-state index contributed by atoms with van der Waals surface area (Å²) in [7, 11) is 2.15. The second kappa shape index (κ2) is 5.02. The van der Waals surface area contributed by atoms with E-state index in [-0.39, 0.29) is 6.03 Å². The Morgan fingerprint density at radius 1 is 1.32 bits per heavy atom. The topological polar surface area (TPSA) is 35.6 Å². The molecule has 1 N–H and O–H groups in total. The predicted molar refractivity (Wildman–Crippen MR) is 76.6 cm³/mol. The maximum atomic E-state index is 12.2. The number of nitrogens with zero attached hydrogens (tertiary/aromatic N) is 2. The summed E-state index contributed by atoms with van der Waals surface area (Å²) < 4.78 is 0. The Labute approximate surface area is 118 Å². The molecule has 0 radical (unpaired) electrons. The Balaban J connectivity index is 1.59. The van der Waals surface area contributed by atoms with E-state index in [0.717, 1.165) is 31.7 Å². The molecule has 1 aromatic carbocycles. The maximum Gasteiger partial charge on any atom is 0.322 e. The summed E-state index contributed by atoms with van der Waals surface area (Å²) in [5.74, 6) is 0.648. The number of piperidine rings is 1. The van der Waals surface area contributed by atoms with Crippen LogP contribution < -0.4 is 5.32 Å².